The van der Waals surface area contributed by atoms with Crippen LogP contribution in [0.3, 0.4) is 0 Å². The van der Waals surface area contributed by atoms with Crippen molar-refractivity contribution in [3.63, 3.8) is 0 Å². The Labute approximate surface area is 182 Å². The number of benzene rings is 2. The van der Waals surface area contributed by atoms with Crippen molar-refractivity contribution in [1.29, 1.82) is 0 Å². The first kappa shape index (κ1) is 21.5. The molecule has 1 heterocycles. The Morgan fingerprint density at radius 1 is 1.13 bits per heavy atom. The maximum Gasteiger partial charge on any atom is 0.337 e. The van der Waals surface area contributed by atoms with Gasteiger partial charge in [0.05, 0.1) is 12.7 Å². The van der Waals surface area contributed by atoms with Gasteiger partial charge in [-0.05, 0) is 54.8 Å². The van der Waals surface area contributed by atoms with Gasteiger partial charge in [0.25, 0.3) is 0 Å². The summed E-state index contributed by atoms with van der Waals surface area (Å²) in [6, 6.07) is 13.2. The van der Waals surface area contributed by atoms with Gasteiger partial charge in [-0.3, -0.25) is 4.90 Å². The first-order chi connectivity index (χ1) is 15.1. The van der Waals surface area contributed by atoms with Gasteiger partial charge in [0, 0.05) is 19.1 Å². The second kappa shape index (κ2) is 10.0. The van der Waals surface area contributed by atoms with E-state index in [2.05, 4.69) is 11.0 Å². The van der Waals surface area contributed by atoms with Crippen molar-refractivity contribution < 1.29 is 28.8 Å². The molecule has 1 unspecified atom stereocenters. The standard InChI is InChI=1S/C24H29NO6/c1-28-24(27)18-7-9-21(10-8-18)29-15-20(26)14-25(19-4-2-3-5-19)13-17-6-11-22-23(12-17)31-16-30-22/h6-12,19-20,26H,2-5,13-16H2,1H3. The second-order valence-electron chi connectivity index (χ2n) is 8.04. The lowest BCUT2D eigenvalue weighted by molar-refractivity contribution is 0.0491. The van der Waals surface area contributed by atoms with Crippen molar-refractivity contribution in [2.75, 3.05) is 27.1 Å². The Morgan fingerprint density at radius 3 is 2.61 bits per heavy atom. The van der Waals surface area contributed by atoms with Crippen LogP contribution in [-0.2, 0) is 11.3 Å². The average molecular weight is 427 g/mol. The molecule has 166 valence electrons. The summed E-state index contributed by atoms with van der Waals surface area (Å²) in [5.74, 6) is 1.78. The van der Waals surface area contributed by atoms with E-state index in [0.29, 0.717) is 23.9 Å². The first-order valence-electron chi connectivity index (χ1n) is 10.7. The summed E-state index contributed by atoms with van der Waals surface area (Å²) in [7, 11) is 1.35. The summed E-state index contributed by atoms with van der Waals surface area (Å²) in [5, 5.41) is 10.7. The third-order valence-corrected chi connectivity index (χ3v) is 5.83. The molecule has 1 fully saturated rings. The molecule has 0 bridgehead atoms. The van der Waals surface area contributed by atoms with E-state index in [1.54, 1.807) is 24.3 Å². The van der Waals surface area contributed by atoms with Crippen LogP contribution in [0.2, 0.25) is 0 Å². The number of aliphatic hydroxyl groups excluding tert-OH is 1. The van der Waals surface area contributed by atoms with Gasteiger partial charge in [0.2, 0.25) is 6.79 Å². The topological polar surface area (TPSA) is 77.5 Å². The molecule has 0 amide bonds. The highest BCUT2D eigenvalue weighted by Crippen LogP contribution is 2.33. The van der Waals surface area contributed by atoms with Gasteiger partial charge in [-0.2, -0.15) is 0 Å². The zero-order chi connectivity index (χ0) is 21.6. The lowest BCUT2D eigenvalue weighted by Crippen LogP contribution is -2.40. The predicted octanol–water partition coefficient (Wildman–Crippen LogP) is 3.39. The molecule has 2 aliphatic rings. The van der Waals surface area contributed by atoms with Crippen LogP contribution in [0.15, 0.2) is 42.5 Å². The quantitative estimate of drug-likeness (QED) is 0.615. The largest absolute Gasteiger partial charge is 0.491 e. The van der Waals surface area contributed by atoms with E-state index in [-0.39, 0.29) is 19.4 Å². The third kappa shape index (κ3) is 5.48. The molecule has 31 heavy (non-hydrogen) atoms. The zero-order valence-corrected chi connectivity index (χ0v) is 17.8. The van der Waals surface area contributed by atoms with Crippen LogP contribution in [0.4, 0.5) is 0 Å². The number of aliphatic hydroxyl groups is 1. The number of rotatable bonds is 9. The van der Waals surface area contributed by atoms with Crippen molar-refractivity contribution in [3.05, 3.63) is 53.6 Å². The summed E-state index contributed by atoms with van der Waals surface area (Å²) in [4.78, 5) is 13.9. The van der Waals surface area contributed by atoms with Crippen molar-refractivity contribution in [3.8, 4) is 17.2 Å². The molecular weight excluding hydrogens is 398 g/mol. The van der Waals surface area contributed by atoms with Crippen LogP contribution >= 0.6 is 0 Å². The molecule has 2 aromatic rings. The number of methoxy groups -OCH3 is 1. The Kier molecular flexibility index (Phi) is 6.94. The van der Waals surface area contributed by atoms with E-state index in [1.165, 1.54) is 20.0 Å². The molecule has 0 spiro atoms. The molecule has 0 radical (unpaired) electrons. The molecule has 0 saturated heterocycles. The minimum Gasteiger partial charge on any atom is -0.491 e. The minimum atomic E-state index is -0.630. The fraction of sp³-hybridized carbons (Fsp3) is 0.458. The number of fused-ring (bicyclic) bond motifs is 1. The Bertz CT molecular complexity index is 878. The lowest BCUT2D eigenvalue weighted by atomic mass is 10.1. The van der Waals surface area contributed by atoms with Crippen LogP contribution in [0, 0.1) is 0 Å². The summed E-state index contributed by atoms with van der Waals surface area (Å²) >= 11 is 0. The van der Waals surface area contributed by atoms with E-state index in [9.17, 15) is 9.90 Å². The van der Waals surface area contributed by atoms with E-state index >= 15 is 0 Å². The molecule has 0 aromatic heterocycles. The number of nitrogens with zero attached hydrogens (tertiary/aromatic N) is 1. The molecule has 1 aliphatic carbocycles. The highest BCUT2D eigenvalue weighted by atomic mass is 16.7. The highest BCUT2D eigenvalue weighted by Gasteiger charge is 2.25. The van der Waals surface area contributed by atoms with Crippen molar-refractivity contribution in [1.82, 2.24) is 4.90 Å². The van der Waals surface area contributed by atoms with E-state index in [1.807, 2.05) is 12.1 Å². The van der Waals surface area contributed by atoms with Crippen molar-refractivity contribution in [2.24, 2.45) is 0 Å². The molecular formula is C24H29NO6. The van der Waals surface area contributed by atoms with E-state index in [4.69, 9.17) is 18.9 Å². The molecule has 2 aromatic carbocycles. The van der Waals surface area contributed by atoms with Gasteiger partial charge < -0.3 is 24.1 Å². The minimum absolute atomic E-state index is 0.182. The molecule has 1 saturated carbocycles. The van der Waals surface area contributed by atoms with Crippen LogP contribution in [0.1, 0.15) is 41.6 Å². The average Bonchev–Trinajstić information content (AvgIpc) is 3.49. The molecule has 7 nitrogen and oxygen atoms in total. The van der Waals surface area contributed by atoms with Crippen molar-refractivity contribution >= 4 is 5.97 Å². The molecule has 1 N–H and O–H groups in total. The predicted molar refractivity (Wildman–Crippen MR) is 115 cm³/mol. The number of hydrogen-bond acceptors (Lipinski definition) is 7. The summed E-state index contributed by atoms with van der Waals surface area (Å²) in [6.07, 6.45) is 4.11. The maximum atomic E-state index is 11.5. The number of hydrogen-bond donors (Lipinski definition) is 1. The molecule has 1 aliphatic heterocycles. The number of esters is 1. The van der Waals surface area contributed by atoms with E-state index < -0.39 is 6.10 Å². The van der Waals surface area contributed by atoms with Gasteiger partial charge in [0.15, 0.2) is 11.5 Å². The smallest absolute Gasteiger partial charge is 0.337 e. The van der Waals surface area contributed by atoms with Crippen LogP contribution in [-0.4, -0.2) is 55.2 Å². The fourth-order valence-electron chi connectivity index (χ4n) is 4.21. The lowest BCUT2D eigenvalue weighted by Gasteiger charge is -2.31. The van der Waals surface area contributed by atoms with Gasteiger partial charge in [0.1, 0.15) is 18.5 Å². The normalized spacial score (nSPS) is 16.5. The molecule has 4 rings (SSSR count). The van der Waals surface area contributed by atoms with Crippen molar-refractivity contribution in [2.45, 2.75) is 44.4 Å². The van der Waals surface area contributed by atoms with Gasteiger partial charge in [-0.15, -0.1) is 0 Å². The fourth-order valence-corrected chi connectivity index (χ4v) is 4.21. The Morgan fingerprint density at radius 2 is 1.87 bits per heavy atom. The third-order valence-electron chi connectivity index (χ3n) is 5.83. The highest BCUT2D eigenvalue weighted by molar-refractivity contribution is 5.89. The molecule has 7 heteroatoms. The van der Waals surface area contributed by atoms with Gasteiger partial charge >= 0.3 is 5.97 Å². The number of carbonyl (C=O) groups is 1. The summed E-state index contributed by atoms with van der Waals surface area (Å²) in [5.41, 5.74) is 1.61. The Hall–Kier alpha value is -2.77. The van der Waals surface area contributed by atoms with Crippen LogP contribution in [0.25, 0.3) is 0 Å². The van der Waals surface area contributed by atoms with Gasteiger partial charge in [-0.25, -0.2) is 4.79 Å². The first-order valence-corrected chi connectivity index (χ1v) is 10.7. The maximum absolute atomic E-state index is 11.5. The molecule has 1 atom stereocenters. The SMILES string of the molecule is COC(=O)c1ccc(OCC(O)CN(Cc2ccc3c(c2)OCO3)C2CCCC2)cc1. The van der Waals surface area contributed by atoms with E-state index in [0.717, 1.165) is 36.4 Å². The summed E-state index contributed by atoms with van der Waals surface area (Å²) in [6.45, 7) is 1.72. The second-order valence-corrected chi connectivity index (χ2v) is 8.04. The van der Waals surface area contributed by atoms with Crippen LogP contribution in [0.5, 0.6) is 17.2 Å². The number of ether oxygens (including phenoxy) is 4. The van der Waals surface area contributed by atoms with Gasteiger partial charge in [-0.1, -0.05) is 18.9 Å². The Balaban J connectivity index is 1.34. The summed E-state index contributed by atoms with van der Waals surface area (Å²) < 4.78 is 21.4. The monoisotopic (exact) mass is 427 g/mol. The zero-order valence-electron chi connectivity index (χ0n) is 17.8. The number of carbonyl (C=O) groups excluding carboxylic acids is 1. The van der Waals surface area contributed by atoms with Crippen LogP contribution < -0.4 is 14.2 Å².